The highest BCUT2D eigenvalue weighted by molar-refractivity contribution is 6.60. The second-order valence-corrected chi connectivity index (χ2v) is 8.31. The van der Waals surface area contributed by atoms with E-state index in [4.69, 9.17) is 22.8 Å². The number of ether oxygens (including phenoxy) is 2. The van der Waals surface area contributed by atoms with E-state index >= 15 is 0 Å². The third-order valence-corrected chi connectivity index (χ3v) is 6.86. The van der Waals surface area contributed by atoms with Gasteiger partial charge in [-0.2, -0.15) is 0 Å². The molecule has 0 saturated carbocycles. The molecule has 0 aliphatic carbocycles. The lowest BCUT2D eigenvalue weighted by atomic mass is 10.2. The first kappa shape index (κ1) is 16.3. The van der Waals surface area contributed by atoms with Crippen molar-refractivity contribution in [3.63, 3.8) is 0 Å². The zero-order chi connectivity index (χ0) is 14.4. The Morgan fingerprint density at radius 3 is 1.80 bits per heavy atom. The molecule has 0 amide bonds. The summed E-state index contributed by atoms with van der Waals surface area (Å²) in [7, 11) is 2.43. The van der Waals surface area contributed by atoms with Crippen LogP contribution < -0.4 is 0 Å². The van der Waals surface area contributed by atoms with Gasteiger partial charge in [-0.3, -0.25) is 4.90 Å². The molecule has 20 heavy (non-hydrogen) atoms. The van der Waals surface area contributed by atoms with Crippen LogP contribution in [0.3, 0.4) is 0 Å². The molecule has 2 fully saturated rings. The number of rotatable bonds is 8. The summed E-state index contributed by atoms with van der Waals surface area (Å²) < 4.78 is 28.2. The molecule has 2 aliphatic heterocycles. The van der Waals surface area contributed by atoms with Crippen LogP contribution in [-0.4, -0.2) is 67.2 Å². The van der Waals surface area contributed by atoms with Crippen molar-refractivity contribution < 1.29 is 22.8 Å². The van der Waals surface area contributed by atoms with E-state index in [0.29, 0.717) is 0 Å². The summed E-state index contributed by atoms with van der Waals surface area (Å²) in [5, 5.41) is 0. The SMILES string of the molecule is CO[Si](CCN(C1CCCO1)C1CCCO1)(OC)OC. The van der Waals surface area contributed by atoms with Crippen LogP contribution in [0.4, 0.5) is 0 Å². The van der Waals surface area contributed by atoms with Gasteiger partial charge in [0.15, 0.2) is 0 Å². The molecule has 2 aliphatic rings. The highest BCUT2D eigenvalue weighted by atomic mass is 28.4. The van der Waals surface area contributed by atoms with Crippen LogP contribution in [-0.2, 0) is 22.8 Å². The number of hydrogen-bond donors (Lipinski definition) is 0. The molecular formula is C13H27NO5Si. The van der Waals surface area contributed by atoms with Crippen LogP contribution >= 0.6 is 0 Å². The molecule has 0 radical (unpaired) electrons. The van der Waals surface area contributed by atoms with Crippen LogP contribution in [0.15, 0.2) is 0 Å². The summed E-state index contributed by atoms with van der Waals surface area (Å²) in [6.07, 6.45) is 4.71. The lowest BCUT2D eigenvalue weighted by molar-refractivity contribution is -0.115. The topological polar surface area (TPSA) is 49.4 Å². The molecule has 2 saturated heterocycles. The molecule has 6 nitrogen and oxygen atoms in total. The van der Waals surface area contributed by atoms with Gasteiger partial charge in [0.05, 0.1) is 0 Å². The maximum absolute atomic E-state index is 5.83. The fourth-order valence-corrected chi connectivity index (χ4v) is 4.58. The normalized spacial score (nSPS) is 27.6. The van der Waals surface area contributed by atoms with E-state index < -0.39 is 8.80 Å². The Bertz CT molecular complexity index is 254. The van der Waals surface area contributed by atoms with Crippen LogP contribution in [0.1, 0.15) is 25.7 Å². The summed E-state index contributed by atoms with van der Waals surface area (Å²) in [6, 6.07) is 0.746. The van der Waals surface area contributed by atoms with Gasteiger partial charge in [0.2, 0.25) is 0 Å². The predicted octanol–water partition coefficient (Wildman–Crippen LogP) is 1.44. The Kier molecular flexibility index (Phi) is 6.41. The third kappa shape index (κ3) is 3.79. The summed E-state index contributed by atoms with van der Waals surface area (Å²) in [5.74, 6) is 0. The van der Waals surface area contributed by atoms with Gasteiger partial charge >= 0.3 is 8.80 Å². The molecule has 2 atom stereocenters. The molecule has 7 heteroatoms. The van der Waals surface area contributed by atoms with Crippen LogP contribution in [0.25, 0.3) is 0 Å². The van der Waals surface area contributed by atoms with Crippen LogP contribution in [0.2, 0.25) is 6.04 Å². The molecule has 0 spiro atoms. The Hall–Kier alpha value is -0.0231. The van der Waals surface area contributed by atoms with Gasteiger partial charge in [0.1, 0.15) is 12.5 Å². The van der Waals surface area contributed by atoms with Crippen molar-refractivity contribution in [2.24, 2.45) is 0 Å². The molecule has 0 N–H and O–H groups in total. The summed E-state index contributed by atoms with van der Waals surface area (Å²) in [4.78, 5) is 2.32. The van der Waals surface area contributed by atoms with Crippen molar-refractivity contribution >= 4 is 8.80 Å². The maximum Gasteiger partial charge on any atom is 0.501 e. The third-order valence-electron chi connectivity index (χ3n) is 4.16. The summed E-state index contributed by atoms with van der Waals surface area (Å²) >= 11 is 0. The molecule has 0 aromatic carbocycles. The summed E-state index contributed by atoms with van der Waals surface area (Å²) in [6.45, 7) is 2.50. The predicted molar refractivity (Wildman–Crippen MR) is 76.2 cm³/mol. The first-order chi connectivity index (χ1) is 9.74. The molecular weight excluding hydrogens is 278 g/mol. The Morgan fingerprint density at radius 2 is 1.45 bits per heavy atom. The zero-order valence-electron chi connectivity index (χ0n) is 12.8. The van der Waals surface area contributed by atoms with Crippen LogP contribution in [0, 0.1) is 0 Å². The van der Waals surface area contributed by atoms with E-state index in [2.05, 4.69) is 4.90 Å². The van der Waals surface area contributed by atoms with E-state index in [-0.39, 0.29) is 12.5 Å². The standard InChI is InChI=1S/C13H27NO5Si/c1-15-20(16-2,17-3)11-8-14(12-6-4-9-18-12)13-7-5-10-19-13/h12-13H,4-11H2,1-3H3. The molecule has 2 heterocycles. The van der Waals surface area contributed by atoms with E-state index in [1.165, 1.54) is 0 Å². The monoisotopic (exact) mass is 305 g/mol. The van der Waals surface area contributed by atoms with E-state index in [1.807, 2.05) is 0 Å². The van der Waals surface area contributed by atoms with Crippen molar-refractivity contribution in [1.29, 1.82) is 0 Å². The lowest BCUT2D eigenvalue weighted by Gasteiger charge is -2.34. The highest BCUT2D eigenvalue weighted by Gasteiger charge is 2.40. The van der Waals surface area contributed by atoms with Gasteiger partial charge < -0.3 is 22.8 Å². The Balaban J connectivity index is 1.96. The zero-order valence-corrected chi connectivity index (χ0v) is 13.8. The molecule has 0 aromatic rings. The van der Waals surface area contributed by atoms with Gasteiger partial charge in [0.25, 0.3) is 0 Å². The van der Waals surface area contributed by atoms with Gasteiger partial charge in [-0.15, -0.1) is 0 Å². The minimum absolute atomic E-state index is 0.162. The smallest absolute Gasteiger partial charge is 0.377 e. The minimum atomic E-state index is -2.53. The molecule has 118 valence electrons. The average molecular weight is 305 g/mol. The van der Waals surface area contributed by atoms with Crippen molar-refractivity contribution in [2.75, 3.05) is 41.1 Å². The highest BCUT2D eigenvalue weighted by Crippen LogP contribution is 2.26. The summed E-state index contributed by atoms with van der Waals surface area (Å²) in [5.41, 5.74) is 0. The first-order valence-corrected chi connectivity index (χ1v) is 9.32. The van der Waals surface area contributed by atoms with Gasteiger partial charge in [-0.1, -0.05) is 0 Å². The van der Waals surface area contributed by atoms with Crippen molar-refractivity contribution in [1.82, 2.24) is 4.90 Å². The lowest BCUT2D eigenvalue weighted by Crippen LogP contribution is -2.49. The molecule has 2 rings (SSSR count). The largest absolute Gasteiger partial charge is 0.501 e. The minimum Gasteiger partial charge on any atom is -0.377 e. The second-order valence-electron chi connectivity index (χ2n) is 5.22. The Morgan fingerprint density at radius 1 is 0.950 bits per heavy atom. The van der Waals surface area contributed by atoms with E-state index in [1.54, 1.807) is 21.3 Å². The van der Waals surface area contributed by atoms with E-state index in [0.717, 1.165) is 51.5 Å². The molecule has 0 bridgehead atoms. The quantitative estimate of drug-likeness (QED) is 0.633. The number of nitrogens with zero attached hydrogens (tertiary/aromatic N) is 1. The Labute approximate surface area is 122 Å². The van der Waals surface area contributed by atoms with Crippen molar-refractivity contribution in [3.05, 3.63) is 0 Å². The molecule has 2 unspecified atom stereocenters. The second kappa shape index (κ2) is 7.84. The fourth-order valence-electron chi connectivity index (χ4n) is 2.94. The number of hydrogen-bond acceptors (Lipinski definition) is 6. The van der Waals surface area contributed by atoms with Gasteiger partial charge in [0, 0.05) is 47.1 Å². The molecule has 0 aromatic heterocycles. The van der Waals surface area contributed by atoms with Gasteiger partial charge in [-0.05, 0) is 25.7 Å². The van der Waals surface area contributed by atoms with Crippen LogP contribution in [0.5, 0.6) is 0 Å². The maximum atomic E-state index is 5.83. The van der Waals surface area contributed by atoms with Crippen molar-refractivity contribution in [3.8, 4) is 0 Å². The van der Waals surface area contributed by atoms with Gasteiger partial charge in [-0.25, -0.2) is 0 Å². The van der Waals surface area contributed by atoms with Crippen molar-refractivity contribution in [2.45, 2.75) is 44.2 Å². The first-order valence-electron chi connectivity index (χ1n) is 7.39. The average Bonchev–Trinajstić information content (AvgIpc) is 3.18. The van der Waals surface area contributed by atoms with E-state index in [9.17, 15) is 0 Å². The fraction of sp³-hybridized carbons (Fsp3) is 1.00.